The highest BCUT2D eigenvalue weighted by atomic mass is 16.3. The quantitative estimate of drug-likeness (QED) is 0.363. The van der Waals surface area contributed by atoms with Crippen LogP contribution in [0.2, 0.25) is 0 Å². The van der Waals surface area contributed by atoms with Crippen LogP contribution in [0.1, 0.15) is 5.56 Å². The molecule has 0 unspecified atom stereocenters. The van der Waals surface area contributed by atoms with Gasteiger partial charge in [0.25, 0.3) is 5.91 Å². The van der Waals surface area contributed by atoms with E-state index in [4.69, 9.17) is 0 Å². The number of nitrogens with zero attached hydrogens (tertiary/aromatic N) is 1. The van der Waals surface area contributed by atoms with E-state index >= 15 is 0 Å². The van der Waals surface area contributed by atoms with Crippen LogP contribution in [0.3, 0.4) is 0 Å². The molecule has 0 aromatic heterocycles. The van der Waals surface area contributed by atoms with Crippen molar-refractivity contribution in [1.82, 2.24) is 5.43 Å². The lowest BCUT2D eigenvalue weighted by molar-refractivity contribution is -0.119. The second-order valence-corrected chi connectivity index (χ2v) is 6.39. The van der Waals surface area contributed by atoms with E-state index in [1.807, 2.05) is 72.8 Å². The minimum atomic E-state index is -0.274. The molecular formula is C23H19N3O2. The molecule has 0 bridgehead atoms. The van der Waals surface area contributed by atoms with E-state index in [-0.39, 0.29) is 18.2 Å². The zero-order valence-electron chi connectivity index (χ0n) is 15.1. The van der Waals surface area contributed by atoms with Gasteiger partial charge in [-0.3, -0.25) is 4.79 Å². The molecule has 0 heterocycles. The first-order chi connectivity index (χ1) is 13.7. The smallest absolute Gasteiger partial charge is 0.259 e. The third kappa shape index (κ3) is 3.64. The maximum Gasteiger partial charge on any atom is 0.259 e. The van der Waals surface area contributed by atoms with Crippen molar-refractivity contribution in [1.29, 1.82) is 0 Å². The number of rotatable bonds is 5. The molecule has 5 heteroatoms. The number of phenolic OH excluding ortho intramolecular Hbond substituents is 1. The zero-order valence-corrected chi connectivity index (χ0v) is 15.1. The van der Waals surface area contributed by atoms with Crippen LogP contribution in [0.5, 0.6) is 5.75 Å². The van der Waals surface area contributed by atoms with Crippen molar-refractivity contribution in [2.45, 2.75) is 0 Å². The molecule has 0 saturated heterocycles. The number of benzene rings is 4. The Morgan fingerprint density at radius 3 is 2.36 bits per heavy atom. The summed E-state index contributed by atoms with van der Waals surface area (Å²) in [7, 11) is 0. The highest BCUT2D eigenvalue weighted by molar-refractivity contribution is 6.02. The number of nitrogens with one attached hydrogen (secondary N) is 2. The number of hydrazone groups is 1. The predicted molar refractivity (Wildman–Crippen MR) is 114 cm³/mol. The van der Waals surface area contributed by atoms with Crippen molar-refractivity contribution in [3.63, 3.8) is 0 Å². The summed E-state index contributed by atoms with van der Waals surface area (Å²) in [5.74, 6) is -0.158. The number of hydrogen-bond acceptors (Lipinski definition) is 4. The van der Waals surface area contributed by atoms with Crippen LogP contribution in [0, 0.1) is 0 Å². The van der Waals surface area contributed by atoms with E-state index in [9.17, 15) is 9.90 Å². The number of aromatic hydroxyl groups is 1. The normalized spacial score (nSPS) is 11.1. The van der Waals surface area contributed by atoms with Crippen molar-refractivity contribution in [3.8, 4) is 5.75 Å². The summed E-state index contributed by atoms with van der Waals surface area (Å²) in [5, 5.41) is 21.3. The molecule has 28 heavy (non-hydrogen) atoms. The predicted octanol–water partition coefficient (Wildman–Crippen LogP) is 4.26. The Bertz CT molecular complexity index is 1180. The van der Waals surface area contributed by atoms with Crippen LogP contribution in [0.15, 0.2) is 84.0 Å². The molecule has 0 saturated carbocycles. The van der Waals surface area contributed by atoms with Gasteiger partial charge in [-0.25, -0.2) is 5.43 Å². The number of amides is 1. The maximum absolute atomic E-state index is 12.1. The first-order valence-corrected chi connectivity index (χ1v) is 8.96. The van der Waals surface area contributed by atoms with Crippen molar-refractivity contribution < 1.29 is 9.90 Å². The van der Waals surface area contributed by atoms with Crippen LogP contribution in [-0.2, 0) is 4.79 Å². The Hall–Kier alpha value is -3.86. The zero-order chi connectivity index (χ0) is 19.3. The highest BCUT2D eigenvalue weighted by Gasteiger charge is 2.06. The number of fused-ring (bicyclic) bond motifs is 2. The second-order valence-electron chi connectivity index (χ2n) is 6.39. The summed E-state index contributed by atoms with van der Waals surface area (Å²) in [5.41, 5.74) is 3.96. The molecule has 4 aromatic carbocycles. The summed E-state index contributed by atoms with van der Waals surface area (Å²) < 4.78 is 0. The van der Waals surface area contributed by atoms with Crippen molar-refractivity contribution in [3.05, 3.63) is 84.4 Å². The molecule has 0 radical (unpaired) electrons. The fourth-order valence-electron chi connectivity index (χ4n) is 3.18. The van der Waals surface area contributed by atoms with Gasteiger partial charge in [0.05, 0.1) is 12.8 Å². The average Bonchev–Trinajstić information content (AvgIpc) is 2.74. The molecule has 0 spiro atoms. The number of carbonyl (C=O) groups excluding carboxylic acids is 1. The Balaban J connectivity index is 1.43. The molecule has 4 aromatic rings. The van der Waals surface area contributed by atoms with Gasteiger partial charge >= 0.3 is 0 Å². The third-order valence-electron chi connectivity index (χ3n) is 4.56. The molecule has 0 atom stereocenters. The third-order valence-corrected chi connectivity index (χ3v) is 4.56. The molecule has 0 aliphatic carbocycles. The van der Waals surface area contributed by atoms with E-state index in [0.717, 1.165) is 27.2 Å². The lowest BCUT2D eigenvalue weighted by atomic mass is 10.0. The molecule has 0 aliphatic heterocycles. The molecule has 0 aliphatic rings. The Kier molecular flexibility index (Phi) is 4.89. The van der Waals surface area contributed by atoms with Gasteiger partial charge < -0.3 is 10.4 Å². The van der Waals surface area contributed by atoms with Crippen molar-refractivity contribution in [2.24, 2.45) is 5.10 Å². The Morgan fingerprint density at radius 1 is 0.857 bits per heavy atom. The summed E-state index contributed by atoms with van der Waals surface area (Å²) in [4.78, 5) is 12.1. The number of hydrogen-bond donors (Lipinski definition) is 3. The van der Waals surface area contributed by atoms with Gasteiger partial charge in [0.1, 0.15) is 5.75 Å². The fraction of sp³-hybridized carbons (Fsp3) is 0.0435. The fourth-order valence-corrected chi connectivity index (χ4v) is 3.18. The molecule has 0 fully saturated rings. The van der Waals surface area contributed by atoms with E-state index in [1.54, 1.807) is 6.07 Å². The van der Waals surface area contributed by atoms with Gasteiger partial charge in [-0.1, -0.05) is 66.7 Å². The minimum Gasteiger partial charge on any atom is -0.507 e. The largest absolute Gasteiger partial charge is 0.507 e. The van der Waals surface area contributed by atoms with Crippen LogP contribution in [-0.4, -0.2) is 23.8 Å². The average molecular weight is 369 g/mol. The molecular weight excluding hydrogens is 350 g/mol. The SMILES string of the molecule is O=C(CNc1cccc2ccccc12)N/N=C\c1c(O)ccc2ccccc12. The molecule has 4 rings (SSSR count). The van der Waals surface area contributed by atoms with E-state index in [2.05, 4.69) is 15.8 Å². The summed E-state index contributed by atoms with van der Waals surface area (Å²) in [6.45, 7) is 0.0901. The lowest BCUT2D eigenvalue weighted by Crippen LogP contribution is -2.25. The highest BCUT2D eigenvalue weighted by Crippen LogP contribution is 2.25. The van der Waals surface area contributed by atoms with Gasteiger partial charge in [-0.2, -0.15) is 5.10 Å². The topological polar surface area (TPSA) is 73.7 Å². The molecule has 3 N–H and O–H groups in total. The summed E-state index contributed by atoms with van der Waals surface area (Å²) >= 11 is 0. The second kappa shape index (κ2) is 7.80. The lowest BCUT2D eigenvalue weighted by Gasteiger charge is -2.09. The van der Waals surface area contributed by atoms with E-state index < -0.39 is 0 Å². The van der Waals surface area contributed by atoms with Gasteiger partial charge in [-0.05, 0) is 28.3 Å². The first-order valence-electron chi connectivity index (χ1n) is 8.96. The van der Waals surface area contributed by atoms with Crippen molar-refractivity contribution in [2.75, 3.05) is 11.9 Å². The Labute approximate surface area is 162 Å². The van der Waals surface area contributed by atoms with Crippen LogP contribution in [0.25, 0.3) is 21.5 Å². The Morgan fingerprint density at radius 2 is 1.54 bits per heavy atom. The standard InChI is InChI=1S/C23H19N3O2/c27-22-13-12-17-7-1-3-9-18(17)20(22)14-25-26-23(28)15-24-21-11-5-8-16-6-2-4-10-19(16)21/h1-14,24,27H,15H2,(H,26,28)/b25-14-. The van der Waals surface area contributed by atoms with Gasteiger partial charge in [0, 0.05) is 16.6 Å². The molecule has 1 amide bonds. The van der Waals surface area contributed by atoms with Gasteiger partial charge in [0.15, 0.2) is 0 Å². The number of phenols is 1. The van der Waals surface area contributed by atoms with E-state index in [1.165, 1.54) is 6.21 Å². The van der Waals surface area contributed by atoms with Crippen LogP contribution in [0.4, 0.5) is 5.69 Å². The molecule has 5 nitrogen and oxygen atoms in total. The van der Waals surface area contributed by atoms with Crippen LogP contribution < -0.4 is 10.7 Å². The van der Waals surface area contributed by atoms with Crippen molar-refractivity contribution >= 4 is 39.4 Å². The van der Waals surface area contributed by atoms with E-state index in [0.29, 0.717) is 5.56 Å². The summed E-state index contributed by atoms with van der Waals surface area (Å²) in [6, 6.07) is 25.1. The number of carbonyl (C=O) groups is 1. The minimum absolute atomic E-state index is 0.0901. The van der Waals surface area contributed by atoms with Gasteiger partial charge in [-0.15, -0.1) is 0 Å². The van der Waals surface area contributed by atoms with Gasteiger partial charge in [0.2, 0.25) is 0 Å². The van der Waals surface area contributed by atoms with Crippen LogP contribution >= 0.6 is 0 Å². The number of anilines is 1. The maximum atomic E-state index is 12.1. The first kappa shape index (κ1) is 17.5. The monoisotopic (exact) mass is 369 g/mol. The summed E-state index contributed by atoms with van der Waals surface area (Å²) in [6.07, 6.45) is 1.47. The molecule has 138 valence electrons.